The number of benzene rings is 2. The van der Waals surface area contributed by atoms with Crippen LogP contribution in [-0.4, -0.2) is 14.2 Å². The van der Waals surface area contributed by atoms with E-state index in [0.717, 1.165) is 12.0 Å². The Morgan fingerprint density at radius 2 is 1.42 bits per heavy atom. The molecule has 26 heavy (non-hydrogen) atoms. The van der Waals surface area contributed by atoms with E-state index in [9.17, 15) is 4.57 Å². The van der Waals surface area contributed by atoms with Crippen molar-refractivity contribution in [3.8, 4) is 0 Å². The van der Waals surface area contributed by atoms with Gasteiger partial charge in [0.25, 0.3) is 0 Å². The van der Waals surface area contributed by atoms with Crippen LogP contribution in [0.4, 0.5) is 0 Å². The van der Waals surface area contributed by atoms with Crippen LogP contribution in [0.25, 0.3) is 0 Å². The SMILES string of the molecule is COP(=O)(OC)C(=C=C(C)C)C1CC1(c1ccccc1)c1ccccc1. The summed E-state index contributed by atoms with van der Waals surface area (Å²) in [6, 6.07) is 20.8. The Labute approximate surface area is 155 Å². The lowest BCUT2D eigenvalue weighted by molar-refractivity contribution is 0.281. The standard InChI is InChI=1S/C22H25O3P/c1-17(2)15-21(26(23,24-3)25-4)20-16-22(20,18-11-7-5-8-12-18)19-13-9-6-10-14-19/h5-14,20H,16H2,1-4H3. The normalized spacial score (nSPS) is 18.1. The number of allylic oxidation sites excluding steroid dienone is 1. The van der Waals surface area contributed by atoms with Gasteiger partial charge in [0.2, 0.25) is 0 Å². The van der Waals surface area contributed by atoms with Crippen molar-refractivity contribution in [2.24, 2.45) is 5.92 Å². The van der Waals surface area contributed by atoms with E-state index in [1.165, 1.54) is 25.3 Å². The summed E-state index contributed by atoms with van der Waals surface area (Å²) in [6.07, 6.45) is 0.855. The minimum Gasteiger partial charge on any atom is -0.308 e. The van der Waals surface area contributed by atoms with E-state index in [-0.39, 0.29) is 11.3 Å². The molecule has 3 rings (SSSR count). The van der Waals surface area contributed by atoms with Crippen molar-refractivity contribution in [3.05, 3.63) is 88.4 Å². The molecule has 0 saturated heterocycles. The summed E-state index contributed by atoms with van der Waals surface area (Å²) in [5.41, 5.74) is 6.45. The molecule has 0 aromatic heterocycles. The van der Waals surface area contributed by atoms with Crippen molar-refractivity contribution in [2.45, 2.75) is 25.7 Å². The Bertz CT molecular complexity index is 829. The van der Waals surface area contributed by atoms with Gasteiger partial charge in [-0.15, -0.1) is 5.73 Å². The van der Waals surface area contributed by atoms with Crippen molar-refractivity contribution < 1.29 is 13.6 Å². The lowest BCUT2D eigenvalue weighted by atomic mass is 9.85. The fourth-order valence-corrected chi connectivity index (χ4v) is 5.34. The van der Waals surface area contributed by atoms with Crippen LogP contribution in [0.5, 0.6) is 0 Å². The largest absolute Gasteiger partial charge is 0.364 e. The van der Waals surface area contributed by atoms with Crippen molar-refractivity contribution in [1.82, 2.24) is 0 Å². The van der Waals surface area contributed by atoms with Crippen molar-refractivity contribution in [1.29, 1.82) is 0 Å². The monoisotopic (exact) mass is 368 g/mol. The highest BCUT2D eigenvalue weighted by Crippen LogP contribution is 2.71. The maximum atomic E-state index is 13.3. The van der Waals surface area contributed by atoms with E-state index >= 15 is 0 Å². The molecule has 0 bridgehead atoms. The third kappa shape index (κ3) is 3.24. The molecule has 1 fully saturated rings. The van der Waals surface area contributed by atoms with Gasteiger partial charge in [0.15, 0.2) is 0 Å². The van der Waals surface area contributed by atoms with Gasteiger partial charge in [-0.3, -0.25) is 4.57 Å². The quantitative estimate of drug-likeness (QED) is 0.468. The van der Waals surface area contributed by atoms with E-state index in [1.807, 2.05) is 50.2 Å². The molecule has 136 valence electrons. The van der Waals surface area contributed by atoms with Gasteiger partial charge < -0.3 is 9.05 Å². The molecular formula is C22H25O3P. The number of rotatable bonds is 6. The Morgan fingerprint density at radius 1 is 0.962 bits per heavy atom. The van der Waals surface area contributed by atoms with Crippen LogP contribution in [0.2, 0.25) is 0 Å². The van der Waals surface area contributed by atoms with Gasteiger partial charge in [-0.1, -0.05) is 60.7 Å². The summed E-state index contributed by atoms with van der Waals surface area (Å²) in [4.78, 5) is 0. The van der Waals surface area contributed by atoms with Gasteiger partial charge >= 0.3 is 7.60 Å². The van der Waals surface area contributed by atoms with Gasteiger partial charge in [-0.2, -0.15) is 0 Å². The molecule has 0 heterocycles. The molecule has 1 atom stereocenters. The second-order valence-electron chi connectivity index (χ2n) is 6.83. The summed E-state index contributed by atoms with van der Waals surface area (Å²) in [5, 5.41) is 0.634. The highest BCUT2D eigenvalue weighted by atomic mass is 31.2. The predicted octanol–water partition coefficient (Wildman–Crippen LogP) is 5.93. The number of hydrogen-bond donors (Lipinski definition) is 0. The Kier molecular flexibility index (Phi) is 5.37. The summed E-state index contributed by atoms with van der Waals surface area (Å²) in [5.74, 6) is 0.0212. The molecule has 3 nitrogen and oxygen atoms in total. The molecule has 0 aliphatic heterocycles. The molecule has 4 heteroatoms. The van der Waals surface area contributed by atoms with Crippen LogP contribution in [0.15, 0.2) is 77.3 Å². The zero-order valence-electron chi connectivity index (χ0n) is 15.7. The first kappa shape index (κ1) is 18.9. The molecule has 1 aliphatic rings. The Morgan fingerprint density at radius 3 is 1.81 bits per heavy atom. The molecule has 2 aromatic carbocycles. The van der Waals surface area contributed by atoms with E-state index in [2.05, 4.69) is 30.0 Å². The molecule has 0 spiro atoms. The summed E-state index contributed by atoms with van der Waals surface area (Å²) < 4.78 is 23.9. The van der Waals surface area contributed by atoms with Crippen LogP contribution in [0.3, 0.4) is 0 Å². The maximum absolute atomic E-state index is 13.3. The number of hydrogen-bond acceptors (Lipinski definition) is 3. The molecule has 0 radical (unpaired) electrons. The van der Waals surface area contributed by atoms with Crippen LogP contribution in [0.1, 0.15) is 31.4 Å². The summed E-state index contributed by atoms with van der Waals surface area (Å²) >= 11 is 0. The van der Waals surface area contributed by atoms with Crippen LogP contribution in [0, 0.1) is 5.92 Å². The smallest absolute Gasteiger partial charge is 0.308 e. The first-order valence-electron chi connectivity index (χ1n) is 8.75. The van der Waals surface area contributed by atoms with Crippen molar-refractivity contribution in [2.75, 3.05) is 14.2 Å². The predicted molar refractivity (Wildman–Crippen MR) is 105 cm³/mol. The maximum Gasteiger partial charge on any atom is 0.364 e. The fraction of sp³-hybridized carbons (Fsp3) is 0.318. The topological polar surface area (TPSA) is 35.5 Å². The molecule has 1 unspecified atom stereocenters. The minimum atomic E-state index is -3.37. The zero-order chi connectivity index (χ0) is 18.8. The average molecular weight is 368 g/mol. The first-order valence-corrected chi connectivity index (χ1v) is 10.3. The second kappa shape index (κ2) is 7.39. The van der Waals surface area contributed by atoms with Crippen LogP contribution in [-0.2, 0) is 19.0 Å². The fourth-order valence-electron chi connectivity index (χ4n) is 3.74. The summed E-state index contributed by atoms with van der Waals surface area (Å²) in [6.45, 7) is 3.90. The molecule has 0 amide bonds. The Hall–Kier alpha value is -1.89. The third-order valence-electron chi connectivity index (χ3n) is 5.02. The van der Waals surface area contributed by atoms with E-state index in [0.29, 0.717) is 5.31 Å². The first-order chi connectivity index (χ1) is 12.5. The average Bonchev–Trinajstić information content (AvgIpc) is 3.43. The van der Waals surface area contributed by atoms with E-state index in [1.54, 1.807) is 0 Å². The van der Waals surface area contributed by atoms with E-state index in [4.69, 9.17) is 9.05 Å². The van der Waals surface area contributed by atoms with Crippen LogP contribution < -0.4 is 0 Å². The molecule has 0 N–H and O–H groups in total. The lowest BCUT2D eigenvalue weighted by Gasteiger charge is -2.22. The van der Waals surface area contributed by atoms with Crippen LogP contribution >= 0.6 is 7.60 Å². The highest BCUT2D eigenvalue weighted by Gasteiger charge is 2.61. The van der Waals surface area contributed by atoms with Crippen molar-refractivity contribution in [3.63, 3.8) is 0 Å². The molecular weight excluding hydrogens is 343 g/mol. The van der Waals surface area contributed by atoms with Crippen molar-refractivity contribution >= 4 is 7.60 Å². The molecule has 1 saturated carbocycles. The zero-order valence-corrected chi connectivity index (χ0v) is 16.6. The van der Waals surface area contributed by atoms with E-state index < -0.39 is 7.60 Å². The Balaban J connectivity index is 2.19. The second-order valence-corrected chi connectivity index (χ2v) is 9.04. The van der Waals surface area contributed by atoms with Gasteiger partial charge in [0, 0.05) is 25.6 Å². The van der Waals surface area contributed by atoms with Gasteiger partial charge in [0.1, 0.15) is 0 Å². The molecule has 2 aromatic rings. The van der Waals surface area contributed by atoms with Gasteiger partial charge in [-0.25, -0.2) is 0 Å². The van der Waals surface area contributed by atoms with Gasteiger partial charge in [-0.05, 0) is 37.0 Å². The molecule has 1 aliphatic carbocycles. The highest BCUT2D eigenvalue weighted by molar-refractivity contribution is 7.58. The van der Waals surface area contributed by atoms with Gasteiger partial charge in [0.05, 0.1) is 5.31 Å². The summed E-state index contributed by atoms with van der Waals surface area (Å²) in [7, 11) is -0.502. The minimum absolute atomic E-state index is 0.0212. The third-order valence-corrected chi connectivity index (χ3v) is 7.00. The lowest BCUT2D eigenvalue weighted by Crippen LogP contribution is -2.14.